The zero-order valence-corrected chi connectivity index (χ0v) is 9.88. The lowest BCUT2D eigenvalue weighted by Crippen LogP contribution is -2.24. The van der Waals surface area contributed by atoms with Crippen LogP contribution >= 0.6 is 0 Å². The molecule has 0 bridgehead atoms. The van der Waals surface area contributed by atoms with E-state index in [-0.39, 0.29) is 5.91 Å². The summed E-state index contributed by atoms with van der Waals surface area (Å²) in [4.78, 5) is 11.4. The second-order valence-electron chi connectivity index (χ2n) is 3.50. The summed E-state index contributed by atoms with van der Waals surface area (Å²) in [5.74, 6) is 1.04. The molecule has 94 valence electrons. The summed E-state index contributed by atoms with van der Waals surface area (Å²) in [6.45, 7) is 2.87. The number of amides is 1. The highest BCUT2D eigenvalue weighted by Crippen LogP contribution is 2.05. The van der Waals surface area contributed by atoms with Crippen molar-refractivity contribution >= 4 is 11.7 Å². The Morgan fingerprint density at radius 2 is 2.22 bits per heavy atom. The maximum atomic E-state index is 11.4. The van der Waals surface area contributed by atoms with E-state index in [0.29, 0.717) is 30.4 Å². The SMILES string of the molecule is CCNC(=O)c1ccc(NCc2ccno2)nn1. The Morgan fingerprint density at radius 1 is 1.33 bits per heavy atom. The second kappa shape index (κ2) is 5.76. The van der Waals surface area contributed by atoms with Gasteiger partial charge in [-0.3, -0.25) is 4.79 Å². The minimum atomic E-state index is -0.230. The molecule has 2 N–H and O–H groups in total. The topological polar surface area (TPSA) is 92.9 Å². The number of hydrogen-bond donors (Lipinski definition) is 2. The predicted molar refractivity (Wildman–Crippen MR) is 63.9 cm³/mol. The molecule has 0 aliphatic heterocycles. The summed E-state index contributed by atoms with van der Waals surface area (Å²) in [5, 5.41) is 17.0. The van der Waals surface area contributed by atoms with E-state index in [1.807, 2.05) is 6.92 Å². The molecule has 0 saturated heterocycles. The van der Waals surface area contributed by atoms with E-state index in [4.69, 9.17) is 4.52 Å². The molecule has 18 heavy (non-hydrogen) atoms. The Morgan fingerprint density at radius 3 is 2.83 bits per heavy atom. The smallest absolute Gasteiger partial charge is 0.271 e. The molecular weight excluding hydrogens is 234 g/mol. The first-order chi connectivity index (χ1) is 8.79. The van der Waals surface area contributed by atoms with E-state index in [2.05, 4.69) is 26.0 Å². The van der Waals surface area contributed by atoms with Crippen LogP contribution in [-0.2, 0) is 6.54 Å². The molecule has 0 fully saturated rings. The fraction of sp³-hybridized carbons (Fsp3) is 0.273. The first-order valence-corrected chi connectivity index (χ1v) is 5.55. The Hall–Kier alpha value is -2.44. The molecule has 0 radical (unpaired) electrons. The lowest BCUT2D eigenvalue weighted by molar-refractivity contribution is 0.0950. The molecule has 0 unspecified atom stereocenters. The fourth-order valence-electron chi connectivity index (χ4n) is 1.31. The average Bonchev–Trinajstić information content (AvgIpc) is 2.90. The maximum absolute atomic E-state index is 11.4. The summed E-state index contributed by atoms with van der Waals surface area (Å²) in [6.07, 6.45) is 1.57. The third kappa shape index (κ3) is 3.03. The Labute approximate surface area is 104 Å². The molecule has 2 heterocycles. The van der Waals surface area contributed by atoms with E-state index >= 15 is 0 Å². The summed E-state index contributed by atoms with van der Waals surface area (Å²) in [6, 6.07) is 5.05. The largest absolute Gasteiger partial charge is 0.361 e. The third-order valence-corrected chi connectivity index (χ3v) is 2.17. The lowest BCUT2D eigenvalue weighted by Gasteiger charge is -2.03. The molecule has 7 heteroatoms. The standard InChI is InChI=1S/C11H13N5O2/c1-2-12-11(17)9-3-4-10(16-15-9)13-7-8-5-6-14-18-8/h3-6H,2,7H2,1H3,(H,12,17)(H,13,16). The molecule has 0 saturated carbocycles. The van der Waals surface area contributed by atoms with E-state index in [0.717, 1.165) is 0 Å². The number of nitrogens with zero attached hydrogens (tertiary/aromatic N) is 3. The monoisotopic (exact) mass is 247 g/mol. The number of hydrogen-bond acceptors (Lipinski definition) is 6. The van der Waals surface area contributed by atoms with Crippen LogP contribution in [0.15, 0.2) is 28.9 Å². The van der Waals surface area contributed by atoms with Crippen molar-refractivity contribution in [3.63, 3.8) is 0 Å². The van der Waals surface area contributed by atoms with Crippen LogP contribution in [-0.4, -0.2) is 27.8 Å². The molecular formula is C11H13N5O2. The fourth-order valence-corrected chi connectivity index (χ4v) is 1.31. The third-order valence-electron chi connectivity index (χ3n) is 2.17. The quantitative estimate of drug-likeness (QED) is 0.812. The van der Waals surface area contributed by atoms with Crippen molar-refractivity contribution in [2.75, 3.05) is 11.9 Å². The van der Waals surface area contributed by atoms with Gasteiger partial charge < -0.3 is 15.2 Å². The van der Waals surface area contributed by atoms with E-state index < -0.39 is 0 Å². The number of aromatic nitrogens is 3. The van der Waals surface area contributed by atoms with E-state index in [1.165, 1.54) is 0 Å². The van der Waals surface area contributed by atoms with Gasteiger partial charge in [-0.25, -0.2) is 0 Å². The number of carbonyl (C=O) groups excluding carboxylic acids is 1. The number of anilines is 1. The highest BCUT2D eigenvalue weighted by molar-refractivity contribution is 5.92. The Kier molecular flexibility index (Phi) is 3.85. The van der Waals surface area contributed by atoms with Crippen LogP contribution in [0, 0.1) is 0 Å². The van der Waals surface area contributed by atoms with Gasteiger partial charge in [-0.15, -0.1) is 10.2 Å². The van der Waals surface area contributed by atoms with Gasteiger partial charge in [0.05, 0.1) is 12.7 Å². The van der Waals surface area contributed by atoms with E-state index in [9.17, 15) is 4.79 Å². The van der Waals surface area contributed by atoms with Crippen molar-refractivity contribution in [3.05, 3.63) is 35.9 Å². The molecule has 0 atom stereocenters. The van der Waals surface area contributed by atoms with Crippen LogP contribution in [0.4, 0.5) is 5.82 Å². The normalized spacial score (nSPS) is 10.1. The zero-order valence-electron chi connectivity index (χ0n) is 9.88. The molecule has 7 nitrogen and oxygen atoms in total. The predicted octanol–water partition coefficient (Wildman–Crippen LogP) is 0.826. The van der Waals surface area contributed by atoms with Gasteiger partial charge in [0, 0.05) is 12.6 Å². The van der Waals surface area contributed by atoms with Crippen LogP contribution < -0.4 is 10.6 Å². The van der Waals surface area contributed by atoms with Gasteiger partial charge in [-0.2, -0.15) is 0 Å². The number of rotatable bonds is 5. The van der Waals surface area contributed by atoms with Crippen LogP contribution in [0.2, 0.25) is 0 Å². The summed E-state index contributed by atoms with van der Waals surface area (Å²) >= 11 is 0. The first-order valence-electron chi connectivity index (χ1n) is 5.55. The van der Waals surface area contributed by atoms with Gasteiger partial charge in [0.15, 0.2) is 11.5 Å². The van der Waals surface area contributed by atoms with Gasteiger partial charge in [-0.05, 0) is 19.1 Å². The van der Waals surface area contributed by atoms with Crippen molar-refractivity contribution in [3.8, 4) is 0 Å². The molecule has 0 spiro atoms. The van der Waals surface area contributed by atoms with Crippen LogP contribution in [0.5, 0.6) is 0 Å². The molecule has 2 aromatic heterocycles. The van der Waals surface area contributed by atoms with Gasteiger partial charge in [0.25, 0.3) is 5.91 Å². The van der Waals surface area contributed by atoms with Crippen molar-refractivity contribution in [1.29, 1.82) is 0 Å². The van der Waals surface area contributed by atoms with Crippen molar-refractivity contribution < 1.29 is 9.32 Å². The molecule has 0 aliphatic carbocycles. The molecule has 0 aromatic carbocycles. The molecule has 0 aliphatic rings. The molecule has 2 rings (SSSR count). The number of carbonyl (C=O) groups is 1. The van der Waals surface area contributed by atoms with E-state index in [1.54, 1.807) is 24.4 Å². The highest BCUT2D eigenvalue weighted by Gasteiger charge is 2.06. The lowest BCUT2D eigenvalue weighted by atomic mass is 10.3. The second-order valence-corrected chi connectivity index (χ2v) is 3.50. The van der Waals surface area contributed by atoms with Crippen molar-refractivity contribution in [2.45, 2.75) is 13.5 Å². The summed E-state index contributed by atoms with van der Waals surface area (Å²) in [7, 11) is 0. The van der Waals surface area contributed by atoms with Gasteiger partial charge in [0.1, 0.15) is 5.82 Å². The number of nitrogens with one attached hydrogen (secondary N) is 2. The first kappa shape index (κ1) is 12.0. The van der Waals surface area contributed by atoms with Gasteiger partial charge in [-0.1, -0.05) is 5.16 Å². The summed E-state index contributed by atoms with van der Waals surface area (Å²) in [5.41, 5.74) is 0.294. The minimum absolute atomic E-state index is 0.230. The Bertz CT molecular complexity index is 495. The minimum Gasteiger partial charge on any atom is -0.361 e. The van der Waals surface area contributed by atoms with Crippen molar-refractivity contribution in [1.82, 2.24) is 20.7 Å². The molecule has 1 amide bonds. The van der Waals surface area contributed by atoms with Gasteiger partial charge >= 0.3 is 0 Å². The maximum Gasteiger partial charge on any atom is 0.271 e. The van der Waals surface area contributed by atoms with Gasteiger partial charge in [0.2, 0.25) is 0 Å². The van der Waals surface area contributed by atoms with Crippen LogP contribution in [0.1, 0.15) is 23.2 Å². The van der Waals surface area contributed by atoms with Crippen LogP contribution in [0.3, 0.4) is 0 Å². The van der Waals surface area contributed by atoms with Crippen LogP contribution in [0.25, 0.3) is 0 Å². The average molecular weight is 247 g/mol. The Balaban J connectivity index is 1.93. The summed E-state index contributed by atoms with van der Waals surface area (Å²) < 4.78 is 4.92. The molecule has 2 aromatic rings. The van der Waals surface area contributed by atoms with Crippen molar-refractivity contribution in [2.24, 2.45) is 0 Å². The highest BCUT2D eigenvalue weighted by atomic mass is 16.5. The zero-order chi connectivity index (χ0) is 12.8.